The minimum atomic E-state index is -0.251. The monoisotopic (exact) mass is 434 g/mol. The zero-order chi connectivity index (χ0) is 18.9. The number of hydrogen-bond acceptors (Lipinski definition) is 5. The quantitative estimate of drug-likeness (QED) is 0.540. The Kier molecular flexibility index (Phi) is 13.1. The molecule has 0 aliphatic carbocycles. The smallest absolute Gasteiger partial charge is 0.222 e. The van der Waals surface area contributed by atoms with Gasteiger partial charge in [-0.3, -0.25) is 14.5 Å². The summed E-state index contributed by atoms with van der Waals surface area (Å²) in [6.07, 6.45) is 1.88. The maximum atomic E-state index is 11.9. The van der Waals surface area contributed by atoms with Crippen molar-refractivity contribution in [3.05, 3.63) is 35.4 Å². The molecule has 1 heterocycles. The molecule has 1 aromatic rings. The lowest BCUT2D eigenvalue weighted by Crippen LogP contribution is -2.40. The molecule has 2 amide bonds. The van der Waals surface area contributed by atoms with E-state index in [1.807, 2.05) is 12.1 Å². The van der Waals surface area contributed by atoms with Gasteiger partial charge in [-0.25, -0.2) is 0 Å². The number of nitrogens with two attached hydrogens (primary N) is 2. The predicted octanol–water partition coefficient (Wildman–Crippen LogP) is 1.21. The van der Waals surface area contributed by atoms with Crippen LogP contribution in [0, 0.1) is 5.92 Å². The van der Waals surface area contributed by atoms with Gasteiger partial charge in [0.05, 0.1) is 18.4 Å². The summed E-state index contributed by atoms with van der Waals surface area (Å²) in [4.78, 5) is 25.6. The molecule has 1 fully saturated rings. The lowest BCUT2D eigenvalue weighted by Gasteiger charge is -2.31. The van der Waals surface area contributed by atoms with Crippen molar-refractivity contribution in [2.24, 2.45) is 17.4 Å². The maximum Gasteiger partial charge on any atom is 0.222 e. The molecule has 1 aromatic carbocycles. The molecule has 28 heavy (non-hydrogen) atoms. The van der Waals surface area contributed by atoms with Gasteiger partial charge in [0.2, 0.25) is 11.8 Å². The van der Waals surface area contributed by atoms with Gasteiger partial charge < -0.3 is 21.5 Å². The van der Waals surface area contributed by atoms with E-state index in [2.05, 4.69) is 22.3 Å². The van der Waals surface area contributed by atoms with E-state index in [-0.39, 0.29) is 55.1 Å². The van der Waals surface area contributed by atoms with Crippen LogP contribution in [0.2, 0.25) is 0 Å². The molecule has 9 heteroatoms. The number of likely N-dealkylation sites (tertiary alicyclic amines) is 1. The summed E-state index contributed by atoms with van der Waals surface area (Å²) in [7, 11) is 1.55. The van der Waals surface area contributed by atoms with Gasteiger partial charge in [-0.1, -0.05) is 24.3 Å². The molecule has 160 valence electrons. The van der Waals surface area contributed by atoms with Gasteiger partial charge in [0.25, 0.3) is 0 Å². The second-order valence-corrected chi connectivity index (χ2v) is 6.87. The van der Waals surface area contributed by atoms with E-state index in [1.54, 1.807) is 7.11 Å². The predicted molar refractivity (Wildman–Crippen MR) is 114 cm³/mol. The van der Waals surface area contributed by atoms with Crippen molar-refractivity contribution in [3.63, 3.8) is 0 Å². The summed E-state index contributed by atoms with van der Waals surface area (Å²) in [6.45, 7) is 3.26. The number of benzene rings is 1. The molecular formula is C19H32Cl2N4O3. The number of methoxy groups -OCH3 is 1. The normalized spacial score (nSPS) is 17.7. The number of hydrogen-bond donors (Lipinski definition) is 3. The Balaban J connectivity index is 0.00000364. The average molecular weight is 435 g/mol. The first kappa shape index (κ1) is 26.6. The molecule has 7 nitrogen and oxygen atoms in total. The summed E-state index contributed by atoms with van der Waals surface area (Å²) >= 11 is 0. The van der Waals surface area contributed by atoms with Crippen molar-refractivity contribution in [2.45, 2.75) is 38.5 Å². The second-order valence-electron chi connectivity index (χ2n) is 6.87. The van der Waals surface area contributed by atoms with E-state index in [4.69, 9.17) is 16.2 Å². The number of carbonyl (C=O) groups excluding carboxylic acids is 2. The number of ether oxygens (including phenoxy) is 1. The van der Waals surface area contributed by atoms with Crippen molar-refractivity contribution in [1.82, 2.24) is 10.2 Å². The first-order chi connectivity index (χ1) is 12.5. The van der Waals surface area contributed by atoms with Crippen molar-refractivity contribution in [1.29, 1.82) is 0 Å². The summed E-state index contributed by atoms with van der Waals surface area (Å²) in [5.41, 5.74) is 13.2. The van der Waals surface area contributed by atoms with E-state index < -0.39 is 0 Å². The molecule has 5 N–H and O–H groups in total. The number of primary amides is 1. The molecule has 1 aliphatic rings. The summed E-state index contributed by atoms with van der Waals surface area (Å²) in [5, 5.41) is 2.90. The number of carbonyl (C=O) groups is 2. The lowest BCUT2D eigenvalue weighted by molar-refractivity contribution is -0.124. The van der Waals surface area contributed by atoms with Gasteiger partial charge in [-0.05, 0) is 30.5 Å². The van der Waals surface area contributed by atoms with E-state index in [9.17, 15) is 9.59 Å². The molecule has 0 bridgehead atoms. The Morgan fingerprint density at radius 1 is 1.32 bits per heavy atom. The number of nitrogens with one attached hydrogen (secondary N) is 1. The fraction of sp³-hybridized carbons (Fsp3) is 0.579. The largest absolute Gasteiger partial charge is 0.380 e. The van der Waals surface area contributed by atoms with E-state index in [1.165, 1.54) is 5.56 Å². The molecule has 2 atom stereocenters. The molecule has 1 saturated heterocycles. The highest BCUT2D eigenvalue weighted by atomic mass is 35.5. The van der Waals surface area contributed by atoms with Gasteiger partial charge in [0, 0.05) is 33.3 Å². The maximum absolute atomic E-state index is 11.9. The molecule has 0 spiro atoms. The van der Waals surface area contributed by atoms with Gasteiger partial charge >= 0.3 is 0 Å². The average Bonchev–Trinajstić information content (AvgIpc) is 2.65. The highest BCUT2D eigenvalue weighted by Crippen LogP contribution is 2.18. The fourth-order valence-corrected chi connectivity index (χ4v) is 3.27. The number of nitrogens with zero attached hydrogens (tertiary/aromatic N) is 1. The first-order valence-corrected chi connectivity index (χ1v) is 9.11. The Morgan fingerprint density at radius 3 is 2.68 bits per heavy atom. The van der Waals surface area contributed by atoms with E-state index >= 15 is 0 Å². The second kappa shape index (κ2) is 13.7. The Hall–Kier alpha value is -1.38. The van der Waals surface area contributed by atoms with E-state index in [0.717, 1.165) is 31.5 Å². The molecular weight excluding hydrogens is 403 g/mol. The van der Waals surface area contributed by atoms with Crippen molar-refractivity contribution in [2.75, 3.05) is 26.7 Å². The van der Waals surface area contributed by atoms with Gasteiger partial charge in [-0.15, -0.1) is 24.8 Å². The van der Waals surface area contributed by atoms with Crippen molar-refractivity contribution in [3.8, 4) is 0 Å². The van der Waals surface area contributed by atoms with Crippen LogP contribution in [0.4, 0.5) is 0 Å². The molecule has 2 rings (SSSR count). The van der Waals surface area contributed by atoms with Crippen LogP contribution >= 0.6 is 24.8 Å². The molecule has 1 aliphatic heterocycles. The fourth-order valence-electron chi connectivity index (χ4n) is 3.27. The van der Waals surface area contributed by atoms with E-state index in [0.29, 0.717) is 19.6 Å². The van der Waals surface area contributed by atoms with Crippen LogP contribution in [0.1, 0.15) is 30.4 Å². The zero-order valence-electron chi connectivity index (χ0n) is 16.3. The molecule has 0 saturated carbocycles. The highest BCUT2D eigenvalue weighted by Gasteiger charge is 2.23. The third-order valence-corrected chi connectivity index (χ3v) is 4.80. The third kappa shape index (κ3) is 8.75. The minimum absolute atomic E-state index is 0. The molecule has 0 aromatic heterocycles. The Morgan fingerprint density at radius 2 is 2.04 bits per heavy atom. The van der Waals surface area contributed by atoms with Crippen LogP contribution in [-0.4, -0.2) is 49.6 Å². The van der Waals surface area contributed by atoms with Crippen LogP contribution < -0.4 is 16.8 Å². The zero-order valence-corrected chi connectivity index (χ0v) is 17.9. The summed E-state index contributed by atoms with van der Waals surface area (Å²) in [5.74, 6) is -0.339. The third-order valence-electron chi connectivity index (χ3n) is 4.80. The van der Waals surface area contributed by atoms with Crippen molar-refractivity contribution < 1.29 is 14.3 Å². The Labute approximate surface area is 179 Å². The van der Waals surface area contributed by atoms with Gasteiger partial charge in [-0.2, -0.15) is 0 Å². The van der Waals surface area contributed by atoms with Crippen LogP contribution in [0.5, 0.6) is 0 Å². The van der Waals surface area contributed by atoms with Crippen LogP contribution in [0.3, 0.4) is 0 Å². The summed E-state index contributed by atoms with van der Waals surface area (Å²) in [6, 6.07) is 8.13. The van der Waals surface area contributed by atoms with Crippen molar-refractivity contribution >= 4 is 36.6 Å². The number of halogens is 2. The topological polar surface area (TPSA) is 111 Å². The number of rotatable bonds is 9. The molecule has 0 radical (unpaired) electrons. The SMILES string of the molecule is COC(CN)CC(=O)NCc1cccc(CN2CCCC(C(N)=O)C2)c1.Cl.Cl. The standard InChI is InChI=1S/C19H30N4O3.2ClH/c1-26-17(10-20)9-18(24)22-11-14-4-2-5-15(8-14)12-23-7-3-6-16(13-23)19(21)25;;/h2,4-5,8,16-17H,3,6-7,9-13,20H2,1H3,(H2,21,25)(H,22,24);2*1H. The minimum Gasteiger partial charge on any atom is -0.380 e. The van der Waals surface area contributed by atoms with Crippen LogP contribution in [0.15, 0.2) is 24.3 Å². The Bertz CT molecular complexity index is 615. The van der Waals surface area contributed by atoms with Crippen LogP contribution in [-0.2, 0) is 27.4 Å². The first-order valence-electron chi connectivity index (χ1n) is 9.11. The van der Waals surface area contributed by atoms with Crippen LogP contribution in [0.25, 0.3) is 0 Å². The number of amides is 2. The van der Waals surface area contributed by atoms with Gasteiger partial charge in [0.1, 0.15) is 0 Å². The number of piperidine rings is 1. The molecule has 2 unspecified atom stereocenters. The highest BCUT2D eigenvalue weighted by molar-refractivity contribution is 5.85. The lowest BCUT2D eigenvalue weighted by atomic mass is 9.97. The van der Waals surface area contributed by atoms with Gasteiger partial charge in [0.15, 0.2) is 0 Å². The summed E-state index contributed by atoms with van der Waals surface area (Å²) < 4.78 is 5.13.